The van der Waals surface area contributed by atoms with Crippen molar-refractivity contribution in [2.24, 2.45) is 0 Å². The molecule has 4 rings (SSSR count). The van der Waals surface area contributed by atoms with E-state index in [-0.39, 0.29) is 0 Å². The van der Waals surface area contributed by atoms with Gasteiger partial charge in [0.25, 0.3) is 0 Å². The minimum Gasteiger partial charge on any atom is -0.355 e. The molecule has 0 aliphatic heterocycles. The molecular formula is C17H15N7O. The Balaban J connectivity index is 1.62. The van der Waals surface area contributed by atoms with Crippen LogP contribution in [-0.4, -0.2) is 29.9 Å². The molecule has 8 heteroatoms. The molecule has 0 amide bonds. The summed E-state index contributed by atoms with van der Waals surface area (Å²) < 4.78 is 6.99. The van der Waals surface area contributed by atoms with Crippen molar-refractivity contribution < 1.29 is 4.52 Å². The van der Waals surface area contributed by atoms with E-state index >= 15 is 0 Å². The molecule has 0 fully saturated rings. The van der Waals surface area contributed by atoms with Crippen LogP contribution in [0.15, 0.2) is 59.6 Å². The molecule has 4 heterocycles. The van der Waals surface area contributed by atoms with Crippen molar-refractivity contribution in [1.82, 2.24) is 29.9 Å². The Hall–Kier alpha value is -3.55. The van der Waals surface area contributed by atoms with Gasteiger partial charge in [-0.3, -0.25) is 4.68 Å². The number of pyridine rings is 1. The Morgan fingerprint density at radius 1 is 1.04 bits per heavy atom. The van der Waals surface area contributed by atoms with Crippen molar-refractivity contribution in [3.05, 3.63) is 55.1 Å². The van der Waals surface area contributed by atoms with Gasteiger partial charge in [0.1, 0.15) is 5.69 Å². The van der Waals surface area contributed by atoms with Crippen LogP contribution in [0.5, 0.6) is 0 Å². The number of aryl methyl sites for hydroxylation is 1. The van der Waals surface area contributed by atoms with E-state index in [9.17, 15) is 0 Å². The van der Waals surface area contributed by atoms with E-state index in [1.54, 1.807) is 24.7 Å². The second-order valence-electron chi connectivity index (χ2n) is 5.26. The van der Waals surface area contributed by atoms with Gasteiger partial charge < -0.3 is 9.84 Å². The highest BCUT2D eigenvalue weighted by Gasteiger charge is 2.08. The van der Waals surface area contributed by atoms with E-state index in [4.69, 9.17) is 4.52 Å². The summed E-state index contributed by atoms with van der Waals surface area (Å²) in [5.41, 5.74) is 2.97. The molecule has 1 N–H and O–H groups in total. The molecule has 0 bridgehead atoms. The molecule has 0 saturated carbocycles. The molecule has 0 aliphatic rings. The molecule has 0 spiro atoms. The van der Waals surface area contributed by atoms with Crippen molar-refractivity contribution in [2.75, 3.05) is 5.32 Å². The number of rotatable bonds is 5. The van der Waals surface area contributed by atoms with Crippen LogP contribution in [-0.2, 0) is 6.54 Å². The van der Waals surface area contributed by atoms with Crippen molar-refractivity contribution in [2.45, 2.75) is 13.5 Å². The highest BCUT2D eigenvalue weighted by atomic mass is 16.5. The zero-order valence-electron chi connectivity index (χ0n) is 13.5. The zero-order valence-corrected chi connectivity index (χ0v) is 13.5. The van der Waals surface area contributed by atoms with Gasteiger partial charge in [-0.2, -0.15) is 5.10 Å². The fourth-order valence-electron chi connectivity index (χ4n) is 2.35. The molecule has 0 radical (unpaired) electrons. The van der Waals surface area contributed by atoms with Crippen LogP contribution < -0.4 is 5.32 Å². The lowest BCUT2D eigenvalue weighted by Gasteiger charge is -2.05. The van der Waals surface area contributed by atoms with Gasteiger partial charge in [-0.25, -0.2) is 15.0 Å². The Morgan fingerprint density at radius 3 is 2.72 bits per heavy atom. The smallest absolute Gasteiger partial charge is 0.227 e. The van der Waals surface area contributed by atoms with Crippen LogP contribution in [0.4, 0.5) is 11.6 Å². The molecule has 4 aromatic heterocycles. The minimum absolute atomic E-state index is 0.486. The van der Waals surface area contributed by atoms with Crippen molar-refractivity contribution in [3.8, 4) is 22.8 Å². The predicted molar refractivity (Wildman–Crippen MR) is 91.9 cm³/mol. The first-order valence-electron chi connectivity index (χ1n) is 7.83. The summed E-state index contributed by atoms with van der Waals surface area (Å²) in [6.07, 6.45) is 6.92. The maximum Gasteiger partial charge on any atom is 0.227 e. The van der Waals surface area contributed by atoms with E-state index in [1.165, 1.54) is 0 Å². The van der Waals surface area contributed by atoms with Gasteiger partial charge in [0, 0.05) is 25.0 Å². The summed E-state index contributed by atoms with van der Waals surface area (Å²) in [5.74, 6) is 1.10. The first-order valence-corrected chi connectivity index (χ1v) is 7.83. The van der Waals surface area contributed by atoms with Crippen LogP contribution in [0.25, 0.3) is 22.8 Å². The second-order valence-corrected chi connectivity index (χ2v) is 5.26. The number of hydrogen-bond acceptors (Lipinski definition) is 7. The second kappa shape index (κ2) is 6.52. The molecule has 0 unspecified atom stereocenters. The molecule has 0 atom stereocenters. The van der Waals surface area contributed by atoms with E-state index in [0.717, 1.165) is 17.9 Å². The fourth-order valence-corrected chi connectivity index (χ4v) is 2.35. The summed E-state index contributed by atoms with van der Waals surface area (Å²) in [4.78, 5) is 13.4. The first-order chi connectivity index (χ1) is 12.3. The third-order valence-electron chi connectivity index (χ3n) is 3.57. The summed E-state index contributed by atoms with van der Waals surface area (Å²) in [7, 11) is 0. The molecule has 25 heavy (non-hydrogen) atoms. The Labute approximate surface area is 143 Å². The SMILES string of the molecule is CCn1cc(Nc2nccc(-c3cccc(-c4ccno4)n3)n2)cn1. The highest BCUT2D eigenvalue weighted by Crippen LogP contribution is 2.22. The maximum atomic E-state index is 5.16. The zero-order chi connectivity index (χ0) is 17.1. The first kappa shape index (κ1) is 15.0. The summed E-state index contributed by atoms with van der Waals surface area (Å²) in [5, 5.41) is 11.1. The summed E-state index contributed by atoms with van der Waals surface area (Å²) >= 11 is 0. The predicted octanol–water partition coefficient (Wildman–Crippen LogP) is 3.15. The van der Waals surface area contributed by atoms with Crippen LogP contribution in [0, 0.1) is 0 Å². The highest BCUT2D eigenvalue weighted by molar-refractivity contribution is 5.62. The quantitative estimate of drug-likeness (QED) is 0.599. The standard InChI is InChI=1S/C17H15N7O/c1-2-24-11-12(10-19-24)21-17-18-8-6-14(23-17)13-4-3-5-15(22-13)16-7-9-20-25-16/h3-11H,2H2,1H3,(H,18,21,23). The largest absolute Gasteiger partial charge is 0.355 e. The lowest BCUT2D eigenvalue weighted by Crippen LogP contribution is -1.98. The van der Waals surface area contributed by atoms with Crippen molar-refractivity contribution >= 4 is 11.6 Å². The Kier molecular flexibility index (Phi) is 3.91. The number of nitrogens with one attached hydrogen (secondary N) is 1. The van der Waals surface area contributed by atoms with Gasteiger partial charge in [0.05, 0.1) is 29.5 Å². The average molecular weight is 333 g/mol. The van der Waals surface area contributed by atoms with E-state index in [0.29, 0.717) is 23.1 Å². The van der Waals surface area contributed by atoms with Crippen molar-refractivity contribution in [1.29, 1.82) is 0 Å². The van der Waals surface area contributed by atoms with Crippen LogP contribution in [0.3, 0.4) is 0 Å². The third kappa shape index (κ3) is 3.23. The Bertz CT molecular complexity index is 978. The minimum atomic E-state index is 0.486. The van der Waals surface area contributed by atoms with Gasteiger partial charge >= 0.3 is 0 Å². The number of nitrogens with zero attached hydrogens (tertiary/aromatic N) is 6. The molecule has 0 aliphatic carbocycles. The molecular weight excluding hydrogens is 318 g/mol. The van der Waals surface area contributed by atoms with Gasteiger partial charge in [-0.05, 0) is 25.1 Å². The number of hydrogen-bond donors (Lipinski definition) is 1. The van der Waals surface area contributed by atoms with Crippen LogP contribution in [0.1, 0.15) is 6.92 Å². The maximum absolute atomic E-state index is 5.16. The molecule has 0 aromatic carbocycles. The molecule has 124 valence electrons. The lowest BCUT2D eigenvalue weighted by molar-refractivity contribution is 0.431. The molecule has 0 saturated heterocycles. The molecule has 4 aromatic rings. The molecule has 8 nitrogen and oxygen atoms in total. The third-order valence-corrected chi connectivity index (χ3v) is 3.57. The van der Waals surface area contributed by atoms with Crippen LogP contribution in [0.2, 0.25) is 0 Å². The monoisotopic (exact) mass is 333 g/mol. The van der Waals surface area contributed by atoms with Gasteiger partial charge in [-0.1, -0.05) is 11.2 Å². The van der Waals surface area contributed by atoms with Gasteiger partial charge in [-0.15, -0.1) is 0 Å². The van der Waals surface area contributed by atoms with Gasteiger partial charge in [0.15, 0.2) is 5.76 Å². The van der Waals surface area contributed by atoms with E-state index < -0.39 is 0 Å². The van der Waals surface area contributed by atoms with Crippen molar-refractivity contribution in [3.63, 3.8) is 0 Å². The normalized spacial score (nSPS) is 10.8. The number of anilines is 2. The topological polar surface area (TPSA) is 94.6 Å². The summed E-state index contributed by atoms with van der Waals surface area (Å²) in [6, 6.07) is 9.24. The van der Waals surface area contributed by atoms with E-state index in [2.05, 4.69) is 30.5 Å². The van der Waals surface area contributed by atoms with Crippen LogP contribution >= 0.6 is 0 Å². The van der Waals surface area contributed by atoms with Gasteiger partial charge in [0.2, 0.25) is 5.95 Å². The lowest BCUT2D eigenvalue weighted by atomic mass is 10.2. The Morgan fingerprint density at radius 2 is 1.92 bits per heavy atom. The van der Waals surface area contributed by atoms with E-state index in [1.807, 2.05) is 42.1 Å². The number of aromatic nitrogens is 6. The fraction of sp³-hybridized carbons (Fsp3) is 0.118. The summed E-state index contributed by atoms with van der Waals surface area (Å²) in [6.45, 7) is 2.84. The average Bonchev–Trinajstić information content (AvgIpc) is 3.34.